The summed E-state index contributed by atoms with van der Waals surface area (Å²) in [6, 6.07) is 4.48. The molecular formula is C11H16ClNO3S. The first-order chi connectivity index (χ1) is 7.86. The number of hydrogen-bond donors (Lipinski definition) is 1. The summed E-state index contributed by atoms with van der Waals surface area (Å²) in [5.41, 5.74) is 0. The van der Waals surface area contributed by atoms with Crippen LogP contribution in [0.1, 0.15) is 13.8 Å². The molecule has 1 N–H and O–H groups in total. The third-order valence-corrected chi connectivity index (χ3v) is 4.02. The maximum absolute atomic E-state index is 11.9. The van der Waals surface area contributed by atoms with Gasteiger partial charge in [-0.25, -0.2) is 13.1 Å². The molecular weight excluding hydrogens is 262 g/mol. The number of halogens is 1. The summed E-state index contributed by atoms with van der Waals surface area (Å²) in [4.78, 5) is 0.0700. The van der Waals surface area contributed by atoms with Gasteiger partial charge in [0.2, 0.25) is 10.0 Å². The zero-order valence-electron chi connectivity index (χ0n) is 10.0. The first-order valence-corrected chi connectivity index (χ1v) is 7.06. The molecule has 1 aromatic rings. The van der Waals surface area contributed by atoms with Crippen molar-refractivity contribution in [3.8, 4) is 5.75 Å². The van der Waals surface area contributed by atoms with Crippen molar-refractivity contribution in [1.29, 1.82) is 0 Å². The summed E-state index contributed by atoms with van der Waals surface area (Å²) in [7, 11) is -2.05. The van der Waals surface area contributed by atoms with Crippen LogP contribution in [0, 0.1) is 5.92 Å². The van der Waals surface area contributed by atoms with Gasteiger partial charge in [0.25, 0.3) is 0 Å². The molecule has 0 saturated carbocycles. The Labute approximate surface area is 107 Å². The molecule has 0 aliphatic heterocycles. The number of rotatable bonds is 5. The van der Waals surface area contributed by atoms with Crippen molar-refractivity contribution in [3.05, 3.63) is 23.2 Å². The number of methoxy groups -OCH3 is 1. The molecule has 0 atom stereocenters. The van der Waals surface area contributed by atoms with Crippen molar-refractivity contribution in [1.82, 2.24) is 4.72 Å². The Kier molecular flexibility index (Phi) is 4.80. The van der Waals surface area contributed by atoms with Gasteiger partial charge in [0, 0.05) is 12.6 Å². The Morgan fingerprint density at radius 2 is 2.06 bits per heavy atom. The van der Waals surface area contributed by atoms with Gasteiger partial charge in [-0.3, -0.25) is 0 Å². The van der Waals surface area contributed by atoms with Crippen LogP contribution in [0.3, 0.4) is 0 Å². The molecule has 96 valence electrons. The Bertz CT molecular complexity index is 485. The van der Waals surface area contributed by atoms with Gasteiger partial charge >= 0.3 is 0 Å². The highest BCUT2D eigenvalue weighted by atomic mass is 35.5. The van der Waals surface area contributed by atoms with Crippen LogP contribution in [-0.2, 0) is 10.0 Å². The lowest BCUT2D eigenvalue weighted by atomic mass is 10.2. The van der Waals surface area contributed by atoms with Crippen LogP contribution in [-0.4, -0.2) is 22.1 Å². The van der Waals surface area contributed by atoms with Gasteiger partial charge in [-0.2, -0.15) is 0 Å². The van der Waals surface area contributed by atoms with Crippen molar-refractivity contribution in [3.63, 3.8) is 0 Å². The highest BCUT2D eigenvalue weighted by molar-refractivity contribution is 7.89. The summed E-state index contributed by atoms with van der Waals surface area (Å²) in [5.74, 6) is 0.764. The van der Waals surface area contributed by atoms with Crippen molar-refractivity contribution in [2.75, 3.05) is 13.7 Å². The van der Waals surface area contributed by atoms with Crippen molar-refractivity contribution in [2.24, 2.45) is 5.92 Å². The van der Waals surface area contributed by atoms with Gasteiger partial charge in [-0.05, 0) is 18.1 Å². The van der Waals surface area contributed by atoms with E-state index in [1.807, 2.05) is 13.8 Å². The van der Waals surface area contributed by atoms with Gasteiger partial charge in [0.15, 0.2) is 0 Å². The fourth-order valence-electron chi connectivity index (χ4n) is 1.18. The zero-order chi connectivity index (χ0) is 13.1. The lowest BCUT2D eigenvalue weighted by Gasteiger charge is -2.10. The Morgan fingerprint density at radius 3 is 2.53 bits per heavy atom. The maximum Gasteiger partial charge on any atom is 0.242 e. The molecule has 0 aliphatic rings. The van der Waals surface area contributed by atoms with Gasteiger partial charge in [0.05, 0.1) is 12.1 Å². The van der Waals surface area contributed by atoms with Gasteiger partial charge in [-0.15, -0.1) is 0 Å². The summed E-state index contributed by atoms with van der Waals surface area (Å²) in [5, 5.41) is 0.153. The van der Waals surface area contributed by atoms with E-state index in [9.17, 15) is 8.42 Å². The molecule has 6 heteroatoms. The van der Waals surface area contributed by atoms with Crippen LogP contribution in [0.4, 0.5) is 0 Å². The second-order valence-corrected chi connectivity index (χ2v) is 6.18. The van der Waals surface area contributed by atoms with E-state index < -0.39 is 10.0 Å². The topological polar surface area (TPSA) is 55.4 Å². The summed E-state index contributed by atoms with van der Waals surface area (Å²) >= 11 is 5.91. The summed E-state index contributed by atoms with van der Waals surface area (Å²) < 4.78 is 31.3. The molecule has 0 unspecified atom stereocenters. The highest BCUT2D eigenvalue weighted by Crippen LogP contribution is 2.25. The molecule has 17 heavy (non-hydrogen) atoms. The molecule has 0 spiro atoms. The molecule has 0 fully saturated rings. The average Bonchev–Trinajstić information content (AvgIpc) is 2.26. The van der Waals surface area contributed by atoms with E-state index in [-0.39, 0.29) is 15.8 Å². The second kappa shape index (κ2) is 5.71. The van der Waals surface area contributed by atoms with Crippen LogP contribution in [0.15, 0.2) is 23.1 Å². The smallest absolute Gasteiger partial charge is 0.242 e. The van der Waals surface area contributed by atoms with E-state index in [0.717, 1.165) is 0 Å². The van der Waals surface area contributed by atoms with Gasteiger partial charge in [-0.1, -0.05) is 25.4 Å². The predicted molar refractivity (Wildman–Crippen MR) is 68.0 cm³/mol. The third-order valence-electron chi connectivity index (χ3n) is 2.11. The van der Waals surface area contributed by atoms with Crippen LogP contribution >= 0.6 is 11.6 Å². The number of ether oxygens (including phenoxy) is 1. The Balaban J connectivity index is 2.99. The molecule has 1 aromatic carbocycles. The molecule has 0 aromatic heterocycles. The van der Waals surface area contributed by atoms with E-state index >= 15 is 0 Å². The average molecular weight is 278 g/mol. The molecule has 0 heterocycles. The molecule has 0 saturated heterocycles. The Hall–Kier alpha value is -0.780. The quantitative estimate of drug-likeness (QED) is 0.898. The second-order valence-electron chi connectivity index (χ2n) is 4.04. The molecule has 4 nitrogen and oxygen atoms in total. The van der Waals surface area contributed by atoms with Gasteiger partial charge in [0.1, 0.15) is 10.6 Å². The Morgan fingerprint density at radius 1 is 1.41 bits per heavy atom. The SMILES string of the molecule is COc1ccc(S(=O)(=O)NCC(C)C)c(Cl)c1. The van der Waals surface area contributed by atoms with Crippen molar-refractivity contribution >= 4 is 21.6 Å². The number of sulfonamides is 1. The van der Waals surface area contributed by atoms with Gasteiger partial charge < -0.3 is 4.74 Å². The van der Waals surface area contributed by atoms with Crippen LogP contribution in [0.25, 0.3) is 0 Å². The molecule has 0 amide bonds. The molecule has 1 rings (SSSR count). The molecule has 0 bridgehead atoms. The highest BCUT2D eigenvalue weighted by Gasteiger charge is 2.18. The van der Waals surface area contributed by atoms with E-state index in [2.05, 4.69) is 4.72 Å². The first-order valence-electron chi connectivity index (χ1n) is 5.20. The molecule has 0 aliphatic carbocycles. The monoisotopic (exact) mass is 277 g/mol. The number of benzene rings is 1. The number of hydrogen-bond acceptors (Lipinski definition) is 3. The van der Waals surface area contributed by atoms with E-state index in [4.69, 9.17) is 16.3 Å². The normalized spacial score (nSPS) is 11.8. The number of nitrogens with one attached hydrogen (secondary N) is 1. The fourth-order valence-corrected chi connectivity index (χ4v) is 2.93. The third kappa shape index (κ3) is 3.87. The van der Waals surface area contributed by atoms with Crippen molar-refractivity contribution in [2.45, 2.75) is 18.7 Å². The largest absolute Gasteiger partial charge is 0.497 e. The summed E-state index contributed by atoms with van der Waals surface area (Å²) in [6.07, 6.45) is 0. The van der Waals surface area contributed by atoms with E-state index in [1.165, 1.54) is 19.2 Å². The van der Waals surface area contributed by atoms with Crippen molar-refractivity contribution < 1.29 is 13.2 Å². The predicted octanol–water partition coefficient (Wildman–Crippen LogP) is 2.28. The maximum atomic E-state index is 11.9. The van der Waals surface area contributed by atoms with Crippen LogP contribution < -0.4 is 9.46 Å². The van der Waals surface area contributed by atoms with E-state index in [1.54, 1.807) is 6.07 Å². The minimum Gasteiger partial charge on any atom is -0.497 e. The lowest BCUT2D eigenvalue weighted by molar-refractivity contribution is 0.414. The summed E-state index contributed by atoms with van der Waals surface area (Å²) in [6.45, 7) is 4.24. The lowest BCUT2D eigenvalue weighted by Crippen LogP contribution is -2.27. The molecule has 0 radical (unpaired) electrons. The first kappa shape index (κ1) is 14.3. The minimum atomic E-state index is -3.55. The van der Waals surface area contributed by atoms with Crippen LogP contribution in [0.5, 0.6) is 5.75 Å². The minimum absolute atomic E-state index is 0.0700. The van der Waals surface area contributed by atoms with E-state index in [0.29, 0.717) is 12.3 Å². The van der Waals surface area contributed by atoms with Crippen LogP contribution in [0.2, 0.25) is 5.02 Å². The standard InChI is InChI=1S/C11H16ClNO3S/c1-8(2)7-13-17(14,15)11-5-4-9(16-3)6-10(11)12/h4-6,8,13H,7H2,1-3H3. The fraction of sp³-hybridized carbons (Fsp3) is 0.455. The zero-order valence-corrected chi connectivity index (χ0v) is 11.6.